The lowest BCUT2D eigenvalue weighted by Gasteiger charge is -2.29. The van der Waals surface area contributed by atoms with Crippen LogP contribution in [0.25, 0.3) is 5.57 Å². The highest BCUT2D eigenvalue weighted by molar-refractivity contribution is 6.35. The smallest absolute Gasteiger partial charge is 0.277 e. The maximum absolute atomic E-state index is 13.1. The summed E-state index contributed by atoms with van der Waals surface area (Å²) in [6.45, 7) is 8.82. The average Bonchev–Trinajstić information content (AvgIpc) is 2.91. The number of rotatable bonds is 7. The number of nitrogens with zero attached hydrogens (tertiary/aromatic N) is 2. The Balaban J connectivity index is 1.96. The van der Waals surface area contributed by atoms with Gasteiger partial charge in [0.15, 0.2) is 0 Å². The van der Waals surface area contributed by atoms with E-state index in [9.17, 15) is 9.59 Å². The van der Waals surface area contributed by atoms with Gasteiger partial charge in [-0.25, -0.2) is 0 Å². The SMILES string of the molecule is CCCCN1C(=O)C(c2ccc(OC(C)C)cc2)=C(N2CCOCC2)C1=O. The third kappa shape index (κ3) is 4.16. The fourth-order valence-electron chi connectivity index (χ4n) is 3.40. The highest BCUT2D eigenvalue weighted by atomic mass is 16.5. The number of imide groups is 1. The highest BCUT2D eigenvalue weighted by Crippen LogP contribution is 2.33. The van der Waals surface area contributed by atoms with E-state index in [1.54, 1.807) is 0 Å². The number of morpholine rings is 1. The summed E-state index contributed by atoms with van der Waals surface area (Å²) in [4.78, 5) is 29.5. The van der Waals surface area contributed by atoms with Gasteiger partial charge < -0.3 is 14.4 Å². The Labute approximate surface area is 160 Å². The van der Waals surface area contributed by atoms with Crippen LogP contribution in [0.5, 0.6) is 5.75 Å². The number of amides is 2. The van der Waals surface area contributed by atoms with Gasteiger partial charge in [0.1, 0.15) is 11.4 Å². The first kappa shape index (κ1) is 19.4. The van der Waals surface area contributed by atoms with Gasteiger partial charge >= 0.3 is 0 Å². The molecule has 2 aliphatic heterocycles. The molecule has 2 aliphatic rings. The van der Waals surface area contributed by atoms with Gasteiger partial charge in [-0.1, -0.05) is 25.5 Å². The minimum absolute atomic E-state index is 0.0817. The molecular weight excluding hydrogens is 344 g/mol. The van der Waals surface area contributed by atoms with Gasteiger partial charge in [-0.05, 0) is 38.0 Å². The van der Waals surface area contributed by atoms with Gasteiger partial charge in [-0.15, -0.1) is 0 Å². The van der Waals surface area contributed by atoms with E-state index in [2.05, 4.69) is 6.92 Å². The molecule has 1 aromatic rings. The van der Waals surface area contributed by atoms with Gasteiger partial charge in [0.05, 0.1) is 24.9 Å². The monoisotopic (exact) mass is 372 g/mol. The van der Waals surface area contributed by atoms with Crippen LogP contribution in [-0.2, 0) is 14.3 Å². The second-order valence-corrected chi connectivity index (χ2v) is 7.13. The zero-order valence-electron chi connectivity index (χ0n) is 16.4. The van der Waals surface area contributed by atoms with Crippen molar-refractivity contribution in [1.29, 1.82) is 0 Å². The lowest BCUT2D eigenvalue weighted by molar-refractivity contribution is -0.137. The van der Waals surface area contributed by atoms with Crippen LogP contribution < -0.4 is 4.74 Å². The molecule has 146 valence electrons. The quantitative estimate of drug-likeness (QED) is 0.689. The molecule has 0 radical (unpaired) electrons. The fourth-order valence-corrected chi connectivity index (χ4v) is 3.40. The molecule has 2 amide bonds. The molecule has 0 bridgehead atoms. The Morgan fingerprint density at radius 1 is 1.07 bits per heavy atom. The molecule has 6 heteroatoms. The molecule has 6 nitrogen and oxygen atoms in total. The second-order valence-electron chi connectivity index (χ2n) is 7.13. The summed E-state index contributed by atoms with van der Waals surface area (Å²) < 4.78 is 11.1. The number of carbonyl (C=O) groups is 2. The third-order valence-electron chi connectivity index (χ3n) is 4.72. The van der Waals surface area contributed by atoms with E-state index >= 15 is 0 Å². The normalized spacial score (nSPS) is 18.1. The third-order valence-corrected chi connectivity index (χ3v) is 4.72. The molecular formula is C21H28N2O4. The summed E-state index contributed by atoms with van der Waals surface area (Å²) in [6, 6.07) is 7.43. The molecule has 27 heavy (non-hydrogen) atoms. The summed E-state index contributed by atoms with van der Waals surface area (Å²) in [6.07, 6.45) is 1.82. The summed E-state index contributed by atoms with van der Waals surface area (Å²) in [5.74, 6) is 0.363. The van der Waals surface area contributed by atoms with E-state index < -0.39 is 0 Å². The second kappa shape index (κ2) is 8.57. The van der Waals surface area contributed by atoms with Crippen molar-refractivity contribution >= 4 is 17.4 Å². The van der Waals surface area contributed by atoms with Crippen molar-refractivity contribution in [3.63, 3.8) is 0 Å². The molecule has 1 saturated heterocycles. The van der Waals surface area contributed by atoms with Crippen molar-refractivity contribution in [3.05, 3.63) is 35.5 Å². The first-order valence-electron chi connectivity index (χ1n) is 9.73. The summed E-state index contributed by atoms with van der Waals surface area (Å²) in [5, 5.41) is 0. The molecule has 0 spiro atoms. The Bertz CT molecular complexity index is 718. The zero-order valence-corrected chi connectivity index (χ0v) is 16.4. The van der Waals surface area contributed by atoms with Crippen LogP contribution in [0.1, 0.15) is 39.2 Å². The van der Waals surface area contributed by atoms with Gasteiger partial charge in [0.25, 0.3) is 11.8 Å². The van der Waals surface area contributed by atoms with E-state index in [-0.39, 0.29) is 17.9 Å². The van der Waals surface area contributed by atoms with Gasteiger partial charge in [-0.3, -0.25) is 14.5 Å². The predicted molar refractivity (Wildman–Crippen MR) is 103 cm³/mol. The number of unbranched alkanes of at least 4 members (excludes halogenated alkanes) is 1. The Morgan fingerprint density at radius 3 is 2.33 bits per heavy atom. The molecule has 0 aliphatic carbocycles. The van der Waals surface area contributed by atoms with Crippen LogP contribution in [-0.4, -0.2) is 60.6 Å². The van der Waals surface area contributed by atoms with Crippen molar-refractivity contribution in [1.82, 2.24) is 9.80 Å². The van der Waals surface area contributed by atoms with Gasteiger partial charge in [-0.2, -0.15) is 0 Å². The van der Waals surface area contributed by atoms with Crippen molar-refractivity contribution in [2.75, 3.05) is 32.8 Å². The zero-order chi connectivity index (χ0) is 19.4. The molecule has 1 aromatic carbocycles. The molecule has 3 rings (SSSR count). The molecule has 0 atom stereocenters. The molecule has 0 saturated carbocycles. The number of hydrogen-bond acceptors (Lipinski definition) is 5. The van der Waals surface area contributed by atoms with Gasteiger partial charge in [0.2, 0.25) is 0 Å². The van der Waals surface area contributed by atoms with Crippen LogP contribution in [0.3, 0.4) is 0 Å². The minimum Gasteiger partial charge on any atom is -0.491 e. The van der Waals surface area contributed by atoms with Crippen LogP contribution >= 0.6 is 0 Å². The molecule has 0 unspecified atom stereocenters. The van der Waals surface area contributed by atoms with Crippen LogP contribution in [0.15, 0.2) is 30.0 Å². The van der Waals surface area contributed by atoms with E-state index in [0.717, 1.165) is 24.2 Å². The Kier molecular flexibility index (Phi) is 6.16. The fraction of sp³-hybridized carbons (Fsp3) is 0.524. The van der Waals surface area contributed by atoms with Crippen molar-refractivity contribution in [3.8, 4) is 5.75 Å². The topological polar surface area (TPSA) is 59.1 Å². The van der Waals surface area contributed by atoms with Gasteiger partial charge in [0, 0.05) is 19.6 Å². The first-order valence-corrected chi connectivity index (χ1v) is 9.73. The lowest BCUT2D eigenvalue weighted by atomic mass is 10.0. The minimum atomic E-state index is -0.201. The number of ether oxygens (including phenoxy) is 2. The maximum atomic E-state index is 13.1. The van der Waals surface area contributed by atoms with Crippen molar-refractivity contribution in [2.24, 2.45) is 0 Å². The van der Waals surface area contributed by atoms with E-state index in [1.807, 2.05) is 43.0 Å². The van der Waals surface area contributed by atoms with E-state index in [0.29, 0.717) is 44.1 Å². The number of hydrogen-bond donors (Lipinski definition) is 0. The largest absolute Gasteiger partial charge is 0.491 e. The number of benzene rings is 1. The molecule has 2 heterocycles. The van der Waals surface area contributed by atoms with E-state index in [1.165, 1.54) is 4.90 Å². The molecule has 1 fully saturated rings. The Hall–Kier alpha value is -2.34. The molecule has 0 N–H and O–H groups in total. The van der Waals surface area contributed by atoms with E-state index in [4.69, 9.17) is 9.47 Å². The first-order chi connectivity index (χ1) is 13.0. The van der Waals surface area contributed by atoms with Crippen LogP contribution in [0.4, 0.5) is 0 Å². The predicted octanol–water partition coefficient (Wildman–Crippen LogP) is 2.69. The van der Waals surface area contributed by atoms with Crippen molar-refractivity contribution in [2.45, 2.75) is 39.7 Å². The Morgan fingerprint density at radius 2 is 1.74 bits per heavy atom. The van der Waals surface area contributed by atoms with Crippen LogP contribution in [0, 0.1) is 0 Å². The number of carbonyl (C=O) groups excluding carboxylic acids is 2. The summed E-state index contributed by atoms with van der Waals surface area (Å²) in [5.41, 5.74) is 1.76. The van der Waals surface area contributed by atoms with Crippen molar-refractivity contribution < 1.29 is 19.1 Å². The standard InChI is InChI=1S/C21H28N2O4/c1-4-5-10-23-20(24)18(16-6-8-17(9-7-16)27-15(2)3)19(21(23)25)22-11-13-26-14-12-22/h6-9,15H,4-5,10-14H2,1-3H3. The summed E-state index contributed by atoms with van der Waals surface area (Å²) >= 11 is 0. The highest BCUT2D eigenvalue weighted by Gasteiger charge is 2.41. The summed E-state index contributed by atoms with van der Waals surface area (Å²) in [7, 11) is 0. The van der Waals surface area contributed by atoms with Crippen LogP contribution in [0.2, 0.25) is 0 Å². The maximum Gasteiger partial charge on any atom is 0.277 e. The molecule has 0 aromatic heterocycles. The lowest BCUT2D eigenvalue weighted by Crippen LogP contribution is -2.40. The average molecular weight is 372 g/mol.